The highest BCUT2D eigenvalue weighted by molar-refractivity contribution is 7.89. The molecule has 21 heavy (non-hydrogen) atoms. The van der Waals surface area contributed by atoms with E-state index in [1.807, 2.05) is 0 Å². The Bertz CT molecular complexity index is 781. The summed E-state index contributed by atoms with van der Waals surface area (Å²) in [6.07, 6.45) is 0. The topological polar surface area (TPSA) is 69.4 Å². The molecule has 2 rings (SSSR count). The molecule has 2 N–H and O–H groups in total. The summed E-state index contributed by atoms with van der Waals surface area (Å²) in [5, 5.41) is 5.68. The van der Waals surface area contributed by atoms with Gasteiger partial charge in [0.15, 0.2) is 0 Å². The first-order valence-corrected chi connectivity index (χ1v) is 7.97. The van der Waals surface area contributed by atoms with E-state index in [-0.39, 0.29) is 12.4 Å². The zero-order valence-corrected chi connectivity index (χ0v) is 12.8. The number of hydrogen-bond donors (Lipinski definition) is 1. The van der Waals surface area contributed by atoms with Gasteiger partial charge in [0.25, 0.3) is 0 Å². The summed E-state index contributed by atoms with van der Waals surface area (Å²) < 4.78 is 41.4. The molecule has 0 atom stereocenters. The first-order valence-electron chi connectivity index (χ1n) is 5.67. The summed E-state index contributed by atoms with van der Waals surface area (Å²) in [5.41, 5.74) is 0.564. The van der Waals surface area contributed by atoms with Gasteiger partial charge in [-0.3, -0.25) is 0 Å². The van der Waals surface area contributed by atoms with Gasteiger partial charge in [-0.25, -0.2) is 17.9 Å². The monoisotopic (exact) mass is 349 g/mol. The van der Waals surface area contributed by atoms with Crippen LogP contribution < -0.4 is 9.88 Å². The Kier molecular flexibility index (Phi) is 4.73. The molecular weight excluding hydrogens is 340 g/mol. The van der Waals surface area contributed by atoms with Gasteiger partial charge in [-0.05, 0) is 24.3 Å². The minimum absolute atomic E-state index is 0.0342. The molecule has 112 valence electrons. The molecule has 0 aliphatic rings. The molecule has 0 aliphatic carbocycles. The summed E-state index contributed by atoms with van der Waals surface area (Å²) >= 11 is 11.9. The molecule has 0 bridgehead atoms. The highest BCUT2D eigenvalue weighted by Gasteiger charge is 2.17. The smallest absolute Gasteiger partial charge is 0.241 e. The third-order valence-corrected chi connectivity index (χ3v) is 4.42. The largest absolute Gasteiger partial charge is 0.487 e. The van der Waals surface area contributed by atoms with Crippen LogP contribution in [0.5, 0.6) is 5.75 Å². The van der Waals surface area contributed by atoms with Gasteiger partial charge in [0.1, 0.15) is 23.1 Å². The molecule has 0 amide bonds. The predicted molar refractivity (Wildman–Crippen MR) is 78.6 cm³/mol. The van der Waals surface area contributed by atoms with Gasteiger partial charge in [-0.2, -0.15) is 0 Å². The average molecular weight is 350 g/mol. The fourth-order valence-corrected chi connectivity index (χ4v) is 2.70. The Morgan fingerprint density at radius 2 is 1.90 bits per heavy atom. The summed E-state index contributed by atoms with van der Waals surface area (Å²) in [6, 6.07) is 8.02. The maximum Gasteiger partial charge on any atom is 0.241 e. The van der Waals surface area contributed by atoms with Crippen LogP contribution >= 0.6 is 23.2 Å². The Morgan fingerprint density at radius 3 is 2.57 bits per heavy atom. The number of halogens is 3. The Balaban J connectivity index is 2.31. The van der Waals surface area contributed by atoms with Crippen LogP contribution in [-0.2, 0) is 16.6 Å². The number of primary sulfonamides is 1. The Labute approximate surface area is 131 Å². The van der Waals surface area contributed by atoms with Crippen LogP contribution in [0.25, 0.3) is 0 Å². The third-order valence-electron chi connectivity index (χ3n) is 2.63. The molecular formula is C13H10Cl2FNO3S. The van der Waals surface area contributed by atoms with Crippen molar-refractivity contribution in [3.63, 3.8) is 0 Å². The molecule has 0 saturated heterocycles. The van der Waals surface area contributed by atoms with Crippen molar-refractivity contribution < 1.29 is 17.5 Å². The van der Waals surface area contributed by atoms with E-state index in [2.05, 4.69) is 0 Å². The molecule has 2 aromatic rings. The number of hydrogen-bond acceptors (Lipinski definition) is 3. The van der Waals surface area contributed by atoms with E-state index in [1.165, 1.54) is 6.07 Å². The second kappa shape index (κ2) is 6.19. The van der Waals surface area contributed by atoms with Crippen molar-refractivity contribution in [1.82, 2.24) is 0 Å². The van der Waals surface area contributed by atoms with Crippen LogP contribution in [0.4, 0.5) is 4.39 Å². The van der Waals surface area contributed by atoms with Gasteiger partial charge >= 0.3 is 0 Å². The number of ether oxygens (including phenoxy) is 1. The maximum absolute atomic E-state index is 13.1. The number of benzene rings is 2. The SMILES string of the molecule is NS(=O)(=O)c1cc(F)ccc1OCc1cccc(Cl)c1Cl. The standard InChI is InChI=1S/C13H10Cl2FNO3S/c14-10-3-1-2-8(13(10)15)7-20-11-5-4-9(16)6-12(11)21(17,18)19/h1-6H,7H2,(H2,17,18,19). The molecule has 0 heterocycles. The zero-order valence-electron chi connectivity index (χ0n) is 10.5. The second-order valence-corrected chi connectivity index (χ2v) is 6.45. The fraction of sp³-hybridized carbons (Fsp3) is 0.0769. The number of nitrogens with two attached hydrogens (primary N) is 1. The normalized spacial score (nSPS) is 11.4. The van der Waals surface area contributed by atoms with Crippen molar-refractivity contribution in [2.45, 2.75) is 11.5 Å². The highest BCUT2D eigenvalue weighted by Crippen LogP contribution is 2.28. The molecule has 0 unspecified atom stereocenters. The molecule has 0 radical (unpaired) electrons. The lowest BCUT2D eigenvalue weighted by atomic mass is 10.2. The highest BCUT2D eigenvalue weighted by atomic mass is 35.5. The lowest BCUT2D eigenvalue weighted by Crippen LogP contribution is -2.14. The van der Waals surface area contributed by atoms with Crippen molar-refractivity contribution in [2.24, 2.45) is 5.14 Å². The summed E-state index contributed by atoms with van der Waals surface area (Å²) in [7, 11) is -4.10. The van der Waals surface area contributed by atoms with E-state index in [0.29, 0.717) is 15.6 Å². The zero-order chi connectivity index (χ0) is 15.6. The fourth-order valence-electron chi connectivity index (χ4n) is 1.64. The first kappa shape index (κ1) is 16.0. The van der Waals surface area contributed by atoms with Crippen LogP contribution in [0.15, 0.2) is 41.3 Å². The first-order chi connectivity index (χ1) is 9.79. The van der Waals surface area contributed by atoms with Crippen LogP contribution in [0.2, 0.25) is 10.0 Å². The van der Waals surface area contributed by atoms with Gasteiger partial charge in [-0.15, -0.1) is 0 Å². The molecule has 0 aliphatic heterocycles. The van der Waals surface area contributed by atoms with E-state index in [4.69, 9.17) is 33.1 Å². The maximum atomic E-state index is 13.1. The molecule has 0 aromatic heterocycles. The van der Waals surface area contributed by atoms with E-state index in [9.17, 15) is 12.8 Å². The van der Waals surface area contributed by atoms with Gasteiger partial charge in [0, 0.05) is 5.56 Å². The number of rotatable bonds is 4. The van der Waals surface area contributed by atoms with Gasteiger partial charge in [0.2, 0.25) is 10.0 Å². The minimum atomic E-state index is -4.10. The second-order valence-electron chi connectivity index (χ2n) is 4.14. The van der Waals surface area contributed by atoms with Crippen LogP contribution in [0.1, 0.15) is 5.56 Å². The van der Waals surface area contributed by atoms with Crippen LogP contribution in [0.3, 0.4) is 0 Å². The van der Waals surface area contributed by atoms with Crippen molar-refractivity contribution in [2.75, 3.05) is 0 Å². The lowest BCUT2D eigenvalue weighted by Gasteiger charge is -2.11. The Hall–Kier alpha value is -1.34. The van der Waals surface area contributed by atoms with Crippen molar-refractivity contribution >= 4 is 33.2 Å². The van der Waals surface area contributed by atoms with E-state index in [1.54, 1.807) is 18.2 Å². The van der Waals surface area contributed by atoms with Crippen molar-refractivity contribution in [1.29, 1.82) is 0 Å². The van der Waals surface area contributed by atoms with E-state index < -0.39 is 20.7 Å². The van der Waals surface area contributed by atoms with Crippen molar-refractivity contribution in [3.8, 4) is 5.75 Å². The third kappa shape index (κ3) is 3.85. The van der Waals surface area contributed by atoms with E-state index in [0.717, 1.165) is 12.1 Å². The molecule has 0 fully saturated rings. The summed E-state index contributed by atoms with van der Waals surface area (Å²) in [5.74, 6) is -0.790. The van der Waals surface area contributed by atoms with Gasteiger partial charge < -0.3 is 4.74 Å². The average Bonchev–Trinajstić information content (AvgIpc) is 2.40. The molecule has 2 aromatic carbocycles. The quantitative estimate of drug-likeness (QED) is 0.919. The summed E-state index contributed by atoms with van der Waals surface area (Å²) in [6.45, 7) is -0.0342. The lowest BCUT2D eigenvalue weighted by molar-refractivity contribution is 0.297. The molecule has 0 saturated carbocycles. The molecule has 8 heteroatoms. The number of sulfonamides is 1. The minimum Gasteiger partial charge on any atom is -0.487 e. The Morgan fingerprint density at radius 1 is 1.19 bits per heavy atom. The van der Waals surface area contributed by atoms with Crippen LogP contribution in [0, 0.1) is 5.82 Å². The predicted octanol–water partition coefficient (Wildman–Crippen LogP) is 3.36. The van der Waals surface area contributed by atoms with E-state index >= 15 is 0 Å². The van der Waals surface area contributed by atoms with Gasteiger partial charge in [0.05, 0.1) is 10.0 Å². The molecule has 0 spiro atoms. The molecule has 4 nitrogen and oxygen atoms in total. The van der Waals surface area contributed by atoms with Crippen molar-refractivity contribution in [3.05, 3.63) is 57.8 Å². The van der Waals surface area contributed by atoms with Gasteiger partial charge in [-0.1, -0.05) is 35.3 Å². The summed E-state index contributed by atoms with van der Waals surface area (Å²) in [4.78, 5) is -0.430. The van der Waals surface area contributed by atoms with Crippen LogP contribution in [-0.4, -0.2) is 8.42 Å².